The number of nitriles is 1. The molecular weight excluding hydrogens is 270 g/mol. The second kappa shape index (κ2) is 4.94. The summed E-state index contributed by atoms with van der Waals surface area (Å²) >= 11 is 1.45. The summed E-state index contributed by atoms with van der Waals surface area (Å²) in [7, 11) is 0. The molecule has 1 N–H and O–H groups in total. The molecule has 0 radical (unpaired) electrons. The van der Waals surface area contributed by atoms with Crippen LogP contribution in [0.3, 0.4) is 0 Å². The van der Waals surface area contributed by atoms with Crippen LogP contribution in [0, 0.1) is 18.3 Å². The van der Waals surface area contributed by atoms with E-state index in [-0.39, 0.29) is 0 Å². The van der Waals surface area contributed by atoms with E-state index in [1.54, 1.807) is 12.4 Å². The second-order valence-electron chi connectivity index (χ2n) is 4.34. The van der Waals surface area contributed by atoms with E-state index in [1.807, 2.05) is 25.4 Å². The highest BCUT2D eigenvalue weighted by molar-refractivity contribution is 7.98. The van der Waals surface area contributed by atoms with E-state index in [9.17, 15) is 5.26 Å². The first-order valence-electron chi connectivity index (χ1n) is 5.98. The van der Waals surface area contributed by atoms with E-state index in [1.165, 1.54) is 11.8 Å². The molecule has 3 rings (SSSR count). The van der Waals surface area contributed by atoms with Gasteiger partial charge in [0.05, 0.1) is 11.3 Å². The number of nitrogens with one attached hydrogen (secondary N) is 1. The SMILES string of the molecule is CSc1ncc(C#N)c(-c2c[nH]c3ncc(C)cc23)n1. The molecular formula is C14H11N5S. The third-order valence-corrected chi connectivity index (χ3v) is 3.55. The Hall–Kier alpha value is -2.39. The number of rotatable bonds is 2. The monoisotopic (exact) mass is 281 g/mol. The zero-order chi connectivity index (χ0) is 14.1. The zero-order valence-corrected chi connectivity index (χ0v) is 11.8. The highest BCUT2D eigenvalue weighted by Gasteiger charge is 2.14. The van der Waals surface area contributed by atoms with Gasteiger partial charge < -0.3 is 4.98 Å². The molecule has 0 fully saturated rings. The van der Waals surface area contributed by atoms with Crippen LogP contribution in [0.5, 0.6) is 0 Å². The summed E-state index contributed by atoms with van der Waals surface area (Å²) in [6.45, 7) is 1.99. The lowest BCUT2D eigenvalue weighted by Gasteiger charge is -2.03. The number of hydrogen-bond donors (Lipinski definition) is 1. The Morgan fingerprint density at radius 1 is 1.30 bits per heavy atom. The van der Waals surface area contributed by atoms with Crippen molar-refractivity contribution in [2.75, 3.05) is 6.26 Å². The van der Waals surface area contributed by atoms with E-state index >= 15 is 0 Å². The maximum atomic E-state index is 9.24. The maximum Gasteiger partial charge on any atom is 0.187 e. The van der Waals surface area contributed by atoms with Crippen molar-refractivity contribution in [2.45, 2.75) is 12.1 Å². The standard InChI is InChI=1S/C14H11N5S/c1-8-3-10-11(7-17-13(10)16-5-8)12-9(4-15)6-18-14(19-12)20-2/h3,5-7H,1-2H3,(H,16,17). The zero-order valence-electron chi connectivity index (χ0n) is 11.0. The van der Waals surface area contributed by atoms with E-state index in [2.05, 4.69) is 26.0 Å². The van der Waals surface area contributed by atoms with Gasteiger partial charge in [-0.2, -0.15) is 5.26 Å². The molecule has 0 saturated heterocycles. The maximum absolute atomic E-state index is 9.24. The highest BCUT2D eigenvalue weighted by Crippen LogP contribution is 2.29. The number of pyridine rings is 1. The molecule has 3 aromatic heterocycles. The Bertz CT molecular complexity index is 831. The Kier molecular flexibility index (Phi) is 3.12. The van der Waals surface area contributed by atoms with E-state index in [0.717, 1.165) is 22.2 Å². The smallest absolute Gasteiger partial charge is 0.187 e. The van der Waals surface area contributed by atoms with Gasteiger partial charge in [-0.05, 0) is 24.8 Å². The third-order valence-electron chi connectivity index (χ3n) is 2.99. The van der Waals surface area contributed by atoms with Gasteiger partial charge in [-0.1, -0.05) is 11.8 Å². The van der Waals surface area contributed by atoms with Crippen LogP contribution in [0.25, 0.3) is 22.3 Å². The van der Waals surface area contributed by atoms with Gasteiger partial charge in [0.15, 0.2) is 5.16 Å². The van der Waals surface area contributed by atoms with Crippen LogP contribution < -0.4 is 0 Å². The molecule has 0 aliphatic heterocycles. The van der Waals surface area contributed by atoms with Crippen molar-refractivity contribution in [3.63, 3.8) is 0 Å². The summed E-state index contributed by atoms with van der Waals surface area (Å²) in [6.07, 6.45) is 7.12. The van der Waals surface area contributed by atoms with Crippen molar-refractivity contribution in [1.29, 1.82) is 5.26 Å². The van der Waals surface area contributed by atoms with Crippen LogP contribution in [0.15, 0.2) is 29.8 Å². The summed E-state index contributed by atoms with van der Waals surface area (Å²) in [5, 5.41) is 10.9. The van der Waals surface area contributed by atoms with Crippen LogP contribution in [-0.4, -0.2) is 26.2 Å². The van der Waals surface area contributed by atoms with Crippen molar-refractivity contribution >= 4 is 22.8 Å². The van der Waals surface area contributed by atoms with Crippen molar-refractivity contribution in [2.24, 2.45) is 0 Å². The lowest BCUT2D eigenvalue weighted by Crippen LogP contribution is -1.94. The van der Waals surface area contributed by atoms with Crippen LogP contribution in [-0.2, 0) is 0 Å². The Morgan fingerprint density at radius 2 is 2.15 bits per heavy atom. The first kappa shape index (κ1) is 12.6. The molecule has 6 heteroatoms. The molecule has 0 aliphatic carbocycles. The first-order valence-corrected chi connectivity index (χ1v) is 7.20. The Labute approximate surface area is 120 Å². The molecule has 0 saturated carbocycles. The van der Waals surface area contributed by atoms with Gasteiger partial charge in [0.25, 0.3) is 0 Å². The molecule has 0 aliphatic rings. The minimum absolute atomic E-state index is 0.463. The normalized spacial score (nSPS) is 10.7. The van der Waals surface area contributed by atoms with Gasteiger partial charge in [0.2, 0.25) is 0 Å². The fourth-order valence-corrected chi connectivity index (χ4v) is 2.40. The van der Waals surface area contributed by atoms with Gasteiger partial charge in [-0.15, -0.1) is 0 Å². The molecule has 0 spiro atoms. The number of nitrogens with zero attached hydrogens (tertiary/aromatic N) is 4. The minimum atomic E-state index is 0.463. The number of H-pyrrole nitrogens is 1. The summed E-state index contributed by atoms with van der Waals surface area (Å²) < 4.78 is 0. The molecule has 0 bridgehead atoms. The van der Waals surface area contributed by atoms with E-state index in [0.29, 0.717) is 16.4 Å². The van der Waals surface area contributed by atoms with Gasteiger partial charge in [-0.25, -0.2) is 15.0 Å². The minimum Gasteiger partial charge on any atom is -0.345 e. The van der Waals surface area contributed by atoms with Crippen molar-refractivity contribution in [1.82, 2.24) is 19.9 Å². The lowest BCUT2D eigenvalue weighted by atomic mass is 10.1. The van der Waals surface area contributed by atoms with Gasteiger partial charge in [0.1, 0.15) is 11.7 Å². The van der Waals surface area contributed by atoms with Gasteiger partial charge in [-0.3, -0.25) is 0 Å². The molecule has 0 amide bonds. The van der Waals surface area contributed by atoms with E-state index in [4.69, 9.17) is 0 Å². The number of hydrogen-bond acceptors (Lipinski definition) is 5. The average Bonchev–Trinajstić information content (AvgIpc) is 2.89. The van der Waals surface area contributed by atoms with Crippen LogP contribution in [0.2, 0.25) is 0 Å². The lowest BCUT2D eigenvalue weighted by molar-refractivity contribution is 0.970. The second-order valence-corrected chi connectivity index (χ2v) is 5.12. The molecule has 3 heterocycles. The molecule has 98 valence electrons. The molecule has 0 unspecified atom stereocenters. The summed E-state index contributed by atoms with van der Waals surface area (Å²) in [4.78, 5) is 16.1. The predicted octanol–water partition coefficient (Wildman–Crippen LogP) is 2.92. The quantitative estimate of drug-likeness (QED) is 0.577. The molecule has 5 nitrogen and oxygen atoms in total. The van der Waals surface area contributed by atoms with Crippen LogP contribution in [0.1, 0.15) is 11.1 Å². The van der Waals surface area contributed by atoms with Crippen LogP contribution >= 0.6 is 11.8 Å². The Balaban J connectivity index is 2.30. The molecule has 0 atom stereocenters. The van der Waals surface area contributed by atoms with Crippen molar-refractivity contribution in [3.8, 4) is 17.3 Å². The number of aryl methyl sites for hydroxylation is 1. The molecule has 20 heavy (non-hydrogen) atoms. The van der Waals surface area contributed by atoms with Crippen LogP contribution in [0.4, 0.5) is 0 Å². The predicted molar refractivity (Wildman–Crippen MR) is 78.4 cm³/mol. The number of thioether (sulfide) groups is 1. The first-order chi connectivity index (χ1) is 9.72. The largest absolute Gasteiger partial charge is 0.345 e. The highest BCUT2D eigenvalue weighted by atomic mass is 32.2. The van der Waals surface area contributed by atoms with Crippen molar-refractivity contribution < 1.29 is 0 Å². The fraction of sp³-hybridized carbons (Fsp3) is 0.143. The summed E-state index contributed by atoms with van der Waals surface area (Å²) in [6, 6.07) is 4.18. The van der Waals surface area contributed by atoms with Gasteiger partial charge in [0, 0.05) is 29.5 Å². The number of aromatic nitrogens is 4. The van der Waals surface area contributed by atoms with E-state index < -0.39 is 0 Å². The average molecular weight is 281 g/mol. The topological polar surface area (TPSA) is 78.2 Å². The van der Waals surface area contributed by atoms with Gasteiger partial charge >= 0.3 is 0 Å². The summed E-state index contributed by atoms with van der Waals surface area (Å²) in [5.74, 6) is 0. The van der Waals surface area contributed by atoms with Crippen molar-refractivity contribution in [3.05, 3.63) is 35.8 Å². The fourth-order valence-electron chi connectivity index (χ4n) is 2.05. The number of aromatic amines is 1. The molecule has 3 aromatic rings. The third kappa shape index (κ3) is 2.02. The number of fused-ring (bicyclic) bond motifs is 1. The summed E-state index contributed by atoms with van der Waals surface area (Å²) in [5.41, 5.74) is 3.84. The molecule has 0 aromatic carbocycles. The Morgan fingerprint density at radius 3 is 2.90 bits per heavy atom.